The second-order valence-corrected chi connectivity index (χ2v) is 14.5. The third-order valence-corrected chi connectivity index (χ3v) is 9.93. The summed E-state index contributed by atoms with van der Waals surface area (Å²) in [6.45, 7) is 12.9. The number of piperazine rings is 1. The SMILES string of the molecule is Br.CC(=Cc1cc(C)c(Oc2ccc(OCc3ccccc3Cl)cn2)c(Cl)c1)C(=O)N1CCN(Cc2ccc(COc3ccc(C(C)C)cc3)cc2)CC1. The Balaban J connectivity index is 0.00000561. The largest absolute Gasteiger partial charge is 0.489 e. The van der Waals surface area contributed by atoms with Gasteiger partial charge in [-0.25, -0.2) is 4.98 Å². The van der Waals surface area contributed by atoms with Gasteiger partial charge in [0.1, 0.15) is 24.7 Å². The first kappa shape index (κ1) is 40.8. The van der Waals surface area contributed by atoms with Gasteiger partial charge in [-0.1, -0.05) is 91.6 Å². The van der Waals surface area contributed by atoms with Gasteiger partial charge in [0.15, 0.2) is 5.75 Å². The first-order chi connectivity index (χ1) is 25.6. The fraction of sp³-hybridized carbons (Fsp3) is 0.273. The van der Waals surface area contributed by atoms with Crippen molar-refractivity contribution in [3.05, 3.63) is 152 Å². The standard InChI is InChI=1S/C44H45Cl2N3O4.BrH/c1-30(2)36-13-15-38(16-14-36)51-28-34-11-9-33(10-12-34)27-48-19-21-49(22-20-48)44(50)32(4)24-35-23-31(3)43(41(46)25-35)53-42-18-17-39(26-47-42)52-29-37-7-5-6-8-40(37)45;/h5-18,23-26,30H,19-22,27-29H2,1-4H3;1H. The molecule has 1 saturated heterocycles. The third-order valence-electron chi connectivity index (χ3n) is 9.28. The molecule has 4 aromatic carbocycles. The van der Waals surface area contributed by atoms with E-state index in [9.17, 15) is 4.79 Å². The molecule has 1 amide bonds. The Labute approximate surface area is 339 Å². The van der Waals surface area contributed by atoms with E-state index in [-0.39, 0.29) is 22.9 Å². The van der Waals surface area contributed by atoms with Crippen molar-refractivity contribution in [1.82, 2.24) is 14.8 Å². The van der Waals surface area contributed by atoms with Crippen molar-refractivity contribution in [2.24, 2.45) is 0 Å². The molecule has 282 valence electrons. The van der Waals surface area contributed by atoms with Crippen LogP contribution in [-0.4, -0.2) is 46.9 Å². The zero-order valence-electron chi connectivity index (χ0n) is 31.1. The zero-order valence-corrected chi connectivity index (χ0v) is 34.3. The van der Waals surface area contributed by atoms with Gasteiger partial charge in [0.25, 0.3) is 0 Å². The molecule has 0 radical (unpaired) electrons. The number of hydrogen-bond donors (Lipinski definition) is 0. The molecule has 7 nitrogen and oxygen atoms in total. The van der Waals surface area contributed by atoms with Gasteiger partial charge >= 0.3 is 0 Å². The molecular formula is C44H46BrCl2N3O4. The van der Waals surface area contributed by atoms with Gasteiger partial charge in [-0.05, 0) is 90.1 Å². The molecule has 54 heavy (non-hydrogen) atoms. The van der Waals surface area contributed by atoms with Gasteiger partial charge in [0, 0.05) is 54.9 Å². The molecule has 0 spiro atoms. The quantitative estimate of drug-likeness (QED) is 0.110. The van der Waals surface area contributed by atoms with Crippen LogP contribution < -0.4 is 14.2 Å². The zero-order chi connectivity index (χ0) is 37.3. The van der Waals surface area contributed by atoms with E-state index >= 15 is 0 Å². The summed E-state index contributed by atoms with van der Waals surface area (Å²) in [7, 11) is 0. The second-order valence-electron chi connectivity index (χ2n) is 13.7. The molecule has 1 aliphatic rings. The molecule has 1 aliphatic heterocycles. The summed E-state index contributed by atoms with van der Waals surface area (Å²) in [5, 5.41) is 1.09. The molecule has 1 aromatic heterocycles. The van der Waals surface area contributed by atoms with Crippen molar-refractivity contribution in [2.45, 2.75) is 53.4 Å². The highest BCUT2D eigenvalue weighted by molar-refractivity contribution is 8.93. The number of benzene rings is 4. The van der Waals surface area contributed by atoms with Crippen molar-refractivity contribution >= 4 is 52.2 Å². The maximum absolute atomic E-state index is 13.4. The Morgan fingerprint density at radius 3 is 2.13 bits per heavy atom. The molecular weight excluding hydrogens is 785 g/mol. The highest BCUT2D eigenvalue weighted by Gasteiger charge is 2.22. The number of carbonyl (C=O) groups excluding carboxylic acids is 1. The maximum atomic E-state index is 13.4. The number of aromatic nitrogens is 1. The van der Waals surface area contributed by atoms with Crippen LogP contribution in [0.1, 0.15) is 60.1 Å². The number of carbonyl (C=O) groups is 1. The molecule has 2 heterocycles. The fourth-order valence-electron chi connectivity index (χ4n) is 6.15. The average molecular weight is 832 g/mol. The predicted octanol–water partition coefficient (Wildman–Crippen LogP) is 11.1. The van der Waals surface area contributed by atoms with Crippen LogP contribution in [0.4, 0.5) is 0 Å². The number of amides is 1. The predicted molar refractivity (Wildman–Crippen MR) is 223 cm³/mol. The number of ether oxygens (including phenoxy) is 3. The van der Waals surface area contributed by atoms with E-state index in [0.717, 1.165) is 47.6 Å². The number of hydrogen-bond acceptors (Lipinski definition) is 6. The maximum Gasteiger partial charge on any atom is 0.249 e. The van der Waals surface area contributed by atoms with Crippen LogP contribution in [0.5, 0.6) is 23.1 Å². The van der Waals surface area contributed by atoms with E-state index in [4.69, 9.17) is 37.4 Å². The highest BCUT2D eigenvalue weighted by atomic mass is 79.9. The van der Waals surface area contributed by atoms with E-state index in [1.807, 2.05) is 67.3 Å². The molecule has 6 rings (SSSR count). The van der Waals surface area contributed by atoms with Crippen LogP contribution in [0.2, 0.25) is 10.0 Å². The summed E-state index contributed by atoms with van der Waals surface area (Å²) in [6.07, 6.45) is 3.48. The second kappa shape index (κ2) is 19.3. The summed E-state index contributed by atoms with van der Waals surface area (Å²) >= 11 is 12.9. The summed E-state index contributed by atoms with van der Waals surface area (Å²) in [4.78, 5) is 22.1. The molecule has 0 bridgehead atoms. The monoisotopic (exact) mass is 829 g/mol. The van der Waals surface area contributed by atoms with E-state index in [0.29, 0.717) is 65.2 Å². The number of halogens is 3. The molecule has 0 N–H and O–H groups in total. The normalized spacial score (nSPS) is 13.4. The number of rotatable bonds is 13. The Bertz CT molecular complexity index is 2010. The molecule has 0 atom stereocenters. The van der Waals surface area contributed by atoms with Crippen LogP contribution in [0.25, 0.3) is 6.08 Å². The van der Waals surface area contributed by atoms with Crippen molar-refractivity contribution in [2.75, 3.05) is 26.2 Å². The Morgan fingerprint density at radius 2 is 1.48 bits per heavy atom. The van der Waals surface area contributed by atoms with Gasteiger partial charge in [-0.2, -0.15) is 0 Å². The molecule has 5 aromatic rings. The summed E-state index contributed by atoms with van der Waals surface area (Å²) in [5.74, 6) is 2.91. The first-order valence-electron chi connectivity index (χ1n) is 17.9. The van der Waals surface area contributed by atoms with Gasteiger partial charge in [-0.3, -0.25) is 9.69 Å². The number of aryl methyl sites for hydroxylation is 1. The van der Waals surface area contributed by atoms with Crippen molar-refractivity contribution < 1.29 is 19.0 Å². The van der Waals surface area contributed by atoms with Crippen LogP contribution in [0.3, 0.4) is 0 Å². The minimum absolute atomic E-state index is 0. The van der Waals surface area contributed by atoms with E-state index in [1.165, 1.54) is 11.1 Å². The average Bonchev–Trinajstić information content (AvgIpc) is 3.16. The lowest BCUT2D eigenvalue weighted by atomic mass is 10.0. The summed E-state index contributed by atoms with van der Waals surface area (Å²) < 4.78 is 17.9. The van der Waals surface area contributed by atoms with Crippen LogP contribution in [0.15, 0.2) is 109 Å². The number of pyridine rings is 1. The molecule has 0 aliphatic carbocycles. The van der Waals surface area contributed by atoms with Crippen LogP contribution in [-0.2, 0) is 24.6 Å². The van der Waals surface area contributed by atoms with Crippen molar-refractivity contribution in [3.63, 3.8) is 0 Å². The fourth-order valence-corrected chi connectivity index (χ4v) is 6.65. The minimum atomic E-state index is 0. The molecule has 1 fully saturated rings. The number of nitrogens with zero attached hydrogens (tertiary/aromatic N) is 3. The summed E-state index contributed by atoms with van der Waals surface area (Å²) in [6, 6.07) is 31.8. The Hall–Kier alpha value is -4.34. The van der Waals surface area contributed by atoms with Gasteiger partial charge < -0.3 is 19.1 Å². The lowest BCUT2D eigenvalue weighted by Crippen LogP contribution is -2.48. The lowest BCUT2D eigenvalue weighted by Gasteiger charge is -2.35. The smallest absolute Gasteiger partial charge is 0.249 e. The van der Waals surface area contributed by atoms with Gasteiger partial charge in [0.2, 0.25) is 11.8 Å². The van der Waals surface area contributed by atoms with Crippen LogP contribution in [0, 0.1) is 6.92 Å². The first-order valence-corrected chi connectivity index (χ1v) is 18.7. The van der Waals surface area contributed by atoms with E-state index in [2.05, 4.69) is 60.1 Å². The lowest BCUT2D eigenvalue weighted by molar-refractivity contribution is -0.128. The van der Waals surface area contributed by atoms with Crippen molar-refractivity contribution in [1.29, 1.82) is 0 Å². The molecule has 10 heteroatoms. The van der Waals surface area contributed by atoms with E-state index < -0.39 is 0 Å². The Morgan fingerprint density at radius 1 is 0.815 bits per heavy atom. The van der Waals surface area contributed by atoms with Crippen molar-refractivity contribution in [3.8, 4) is 23.1 Å². The Kier molecular flexibility index (Phi) is 14.6. The third kappa shape index (κ3) is 11.1. The topological polar surface area (TPSA) is 64.1 Å². The van der Waals surface area contributed by atoms with Gasteiger partial charge in [0.05, 0.1) is 11.2 Å². The summed E-state index contributed by atoms with van der Waals surface area (Å²) in [5.41, 5.74) is 6.90. The van der Waals surface area contributed by atoms with Gasteiger partial charge in [-0.15, -0.1) is 17.0 Å². The van der Waals surface area contributed by atoms with E-state index in [1.54, 1.807) is 24.4 Å². The molecule has 0 saturated carbocycles. The minimum Gasteiger partial charge on any atom is -0.489 e. The highest BCUT2D eigenvalue weighted by Crippen LogP contribution is 2.34. The molecule has 0 unspecified atom stereocenters. The van der Waals surface area contributed by atoms with Crippen LogP contribution >= 0.6 is 40.2 Å².